The van der Waals surface area contributed by atoms with Crippen molar-refractivity contribution in [1.29, 1.82) is 0 Å². The number of nitrogens with zero attached hydrogens (tertiary/aromatic N) is 4. The van der Waals surface area contributed by atoms with Crippen molar-refractivity contribution in [2.45, 2.75) is 57.9 Å². The number of carbonyl (C=O) groups excluding carboxylic acids is 1. The van der Waals surface area contributed by atoms with Gasteiger partial charge in [-0.05, 0) is 48.6 Å². The number of carbonyl (C=O) groups is 1. The van der Waals surface area contributed by atoms with Gasteiger partial charge >= 0.3 is 5.97 Å². The highest BCUT2D eigenvalue weighted by Gasteiger charge is 2.21. The SMILES string of the molecule is CCCCOC(=O)Cc1ccc(Nc2nc(Cl)nc3c2ncn3C2CCCC2)cc1. The molecule has 0 radical (unpaired) electrons. The van der Waals surface area contributed by atoms with E-state index in [9.17, 15) is 4.79 Å². The number of aromatic nitrogens is 4. The minimum atomic E-state index is -0.203. The Labute approximate surface area is 180 Å². The van der Waals surface area contributed by atoms with Crippen molar-refractivity contribution in [2.75, 3.05) is 11.9 Å². The first kappa shape index (κ1) is 20.6. The lowest BCUT2D eigenvalue weighted by Crippen LogP contribution is -2.09. The zero-order chi connectivity index (χ0) is 20.9. The standard InChI is InChI=1S/C22H26ClN5O2/c1-2-3-12-30-18(29)13-15-8-10-16(11-9-15)25-20-19-21(27-22(23)26-20)28(14-24-19)17-6-4-5-7-17/h8-11,14,17H,2-7,12-13H2,1H3,(H,25,26,27). The molecule has 1 aliphatic rings. The Morgan fingerprint density at radius 3 is 2.73 bits per heavy atom. The van der Waals surface area contributed by atoms with E-state index in [-0.39, 0.29) is 17.7 Å². The van der Waals surface area contributed by atoms with E-state index in [1.165, 1.54) is 12.8 Å². The van der Waals surface area contributed by atoms with Gasteiger partial charge in [0.2, 0.25) is 5.28 Å². The fourth-order valence-corrected chi connectivity index (χ4v) is 3.98. The maximum atomic E-state index is 11.9. The van der Waals surface area contributed by atoms with Crippen LogP contribution < -0.4 is 5.32 Å². The molecule has 0 bridgehead atoms. The summed E-state index contributed by atoms with van der Waals surface area (Å²) in [6, 6.07) is 8.04. The normalized spacial score (nSPS) is 14.3. The Kier molecular flexibility index (Phi) is 6.47. The van der Waals surface area contributed by atoms with E-state index in [1.54, 1.807) is 0 Å². The number of benzene rings is 1. The average molecular weight is 428 g/mol. The monoisotopic (exact) mass is 427 g/mol. The molecule has 1 N–H and O–H groups in total. The first-order valence-corrected chi connectivity index (χ1v) is 10.9. The Balaban J connectivity index is 1.48. The number of halogens is 1. The summed E-state index contributed by atoms with van der Waals surface area (Å²) in [5.41, 5.74) is 3.20. The van der Waals surface area contributed by atoms with Crippen LogP contribution in [0.3, 0.4) is 0 Å². The molecule has 30 heavy (non-hydrogen) atoms. The van der Waals surface area contributed by atoms with Crippen LogP contribution in [0.15, 0.2) is 30.6 Å². The maximum absolute atomic E-state index is 11.9. The van der Waals surface area contributed by atoms with Gasteiger partial charge in [0, 0.05) is 11.7 Å². The number of esters is 1. The second-order valence-corrected chi connectivity index (χ2v) is 8.01. The first-order valence-electron chi connectivity index (χ1n) is 10.6. The highest BCUT2D eigenvalue weighted by molar-refractivity contribution is 6.28. The minimum Gasteiger partial charge on any atom is -0.465 e. The van der Waals surface area contributed by atoms with Gasteiger partial charge in [-0.3, -0.25) is 4.79 Å². The lowest BCUT2D eigenvalue weighted by atomic mass is 10.1. The van der Waals surface area contributed by atoms with Crippen molar-refractivity contribution in [1.82, 2.24) is 19.5 Å². The summed E-state index contributed by atoms with van der Waals surface area (Å²) in [6.45, 7) is 2.55. The molecule has 0 atom stereocenters. The van der Waals surface area contributed by atoms with Crippen LogP contribution in [0.2, 0.25) is 5.28 Å². The van der Waals surface area contributed by atoms with Crippen LogP contribution >= 0.6 is 11.6 Å². The number of imidazole rings is 1. The number of ether oxygens (including phenoxy) is 1. The molecular weight excluding hydrogens is 402 g/mol. The number of fused-ring (bicyclic) bond motifs is 1. The summed E-state index contributed by atoms with van der Waals surface area (Å²) in [6.07, 6.45) is 8.73. The smallest absolute Gasteiger partial charge is 0.310 e. The summed E-state index contributed by atoms with van der Waals surface area (Å²) in [7, 11) is 0. The molecule has 3 aromatic rings. The highest BCUT2D eigenvalue weighted by Crippen LogP contribution is 2.33. The molecule has 2 heterocycles. The van der Waals surface area contributed by atoms with Gasteiger partial charge in [0.15, 0.2) is 17.0 Å². The van der Waals surface area contributed by atoms with Crippen LogP contribution in [0.5, 0.6) is 0 Å². The van der Waals surface area contributed by atoms with Gasteiger partial charge in [0.1, 0.15) is 0 Å². The van der Waals surface area contributed by atoms with Crippen LogP contribution in [0.4, 0.5) is 11.5 Å². The van der Waals surface area contributed by atoms with Crippen molar-refractivity contribution in [3.63, 3.8) is 0 Å². The molecule has 0 spiro atoms. The Hall–Kier alpha value is -2.67. The quantitative estimate of drug-likeness (QED) is 0.301. The molecular formula is C22H26ClN5O2. The fraction of sp³-hybridized carbons (Fsp3) is 0.455. The predicted octanol–water partition coefficient (Wildman–Crippen LogP) is 5.22. The Morgan fingerprint density at radius 1 is 1.23 bits per heavy atom. The van der Waals surface area contributed by atoms with Crippen molar-refractivity contribution in [3.05, 3.63) is 41.4 Å². The van der Waals surface area contributed by atoms with Crippen LogP contribution in [0.1, 0.15) is 57.1 Å². The zero-order valence-corrected chi connectivity index (χ0v) is 17.9. The minimum absolute atomic E-state index is 0.191. The number of anilines is 2. The topological polar surface area (TPSA) is 81.9 Å². The van der Waals surface area contributed by atoms with Gasteiger partial charge in [-0.1, -0.05) is 38.3 Å². The second-order valence-electron chi connectivity index (χ2n) is 7.68. The van der Waals surface area contributed by atoms with Crippen LogP contribution in [0, 0.1) is 0 Å². The summed E-state index contributed by atoms with van der Waals surface area (Å²) in [5.74, 6) is 0.374. The molecule has 1 aliphatic carbocycles. The Bertz CT molecular complexity index is 1010. The first-order chi connectivity index (χ1) is 14.6. The molecule has 158 valence electrons. The predicted molar refractivity (Wildman–Crippen MR) is 117 cm³/mol. The van der Waals surface area contributed by atoms with Gasteiger partial charge in [-0.2, -0.15) is 9.97 Å². The lowest BCUT2D eigenvalue weighted by Gasteiger charge is -2.12. The van der Waals surface area contributed by atoms with E-state index in [1.807, 2.05) is 30.6 Å². The molecule has 4 rings (SSSR count). The number of unbranched alkanes of at least 4 members (excludes halogenated alkanes) is 1. The van der Waals surface area contributed by atoms with E-state index in [0.29, 0.717) is 24.0 Å². The van der Waals surface area contributed by atoms with E-state index in [2.05, 4.69) is 31.8 Å². The molecule has 7 nitrogen and oxygen atoms in total. The van der Waals surface area contributed by atoms with E-state index in [0.717, 1.165) is 42.6 Å². The number of hydrogen-bond acceptors (Lipinski definition) is 6. The van der Waals surface area contributed by atoms with Crippen LogP contribution in [0.25, 0.3) is 11.2 Å². The van der Waals surface area contributed by atoms with E-state index >= 15 is 0 Å². The number of rotatable bonds is 8. The molecule has 2 aromatic heterocycles. The molecule has 0 aliphatic heterocycles. The van der Waals surface area contributed by atoms with E-state index in [4.69, 9.17) is 16.3 Å². The summed E-state index contributed by atoms with van der Waals surface area (Å²) in [4.78, 5) is 25.2. The third-order valence-electron chi connectivity index (χ3n) is 5.44. The third-order valence-corrected chi connectivity index (χ3v) is 5.61. The van der Waals surface area contributed by atoms with Gasteiger partial charge in [-0.15, -0.1) is 0 Å². The fourth-order valence-electron chi connectivity index (χ4n) is 3.82. The molecule has 1 fully saturated rings. The van der Waals surface area contributed by atoms with Crippen molar-refractivity contribution < 1.29 is 9.53 Å². The summed E-state index contributed by atoms with van der Waals surface area (Å²) in [5, 5.41) is 3.48. The molecule has 0 saturated heterocycles. The lowest BCUT2D eigenvalue weighted by molar-refractivity contribution is -0.142. The van der Waals surface area contributed by atoms with Crippen molar-refractivity contribution in [2.24, 2.45) is 0 Å². The molecule has 8 heteroatoms. The summed E-state index contributed by atoms with van der Waals surface area (Å²) >= 11 is 6.21. The largest absolute Gasteiger partial charge is 0.465 e. The van der Waals surface area contributed by atoms with E-state index < -0.39 is 0 Å². The van der Waals surface area contributed by atoms with Gasteiger partial charge < -0.3 is 14.6 Å². The van der Waals surface area contributed by atoms with Crippen molar-refractivity contribution >= 4 is 40.2 Å². The zero-order valence-electron chi connectivity index (χ0n) is 17.1. The summed E-state index contributed by atoms with van der Waals surface area (Å²) < 4.78 is 7.34. The maximum Gasteiger partial charge on any atom is 0.310 e. The molecule has 0 unspecified atom stereocenters. The van der Waals surface area contributed by atoms with Crippen LogP contribution in [-0.4, -0.2) is 32.1 Å². The van der Waals surface area contributed by atoms with Gasteiger partial charge in [0.25, 0.3) is 0 Å². The average Bonchev–Trinajstić information content (AvgIpc) is 3.39. The number of nitrogens with one attached hydrogen (secondary N) is 1. The molecule has 1 saturated carbocycles. The molecule has 1 aromatic carbocycles. The van der Waals surface area contributed by atoms with Crippen molar-refractivity contribution in [3.8, 4) is 0 Å². The van der Waals surface area contributed by atoms with Gasteiger partial charge in [0.05, 0.1) is 19.4 Å². The van der Waals surface area contributed by atoms with Gasteiger partial charge in [-0.25, -0.2) is 4.98 Å². The third kappa shape index (κ3) is 4.73. The van der Waals surface area contributed by atoms with Crippen LogP contribution in [-0.2, 0) is 16.0 Å². The highest BCUT2D eigenvalue weighted by atomic mass is 35.5. The Morgan fingerprint density at radius 2 is 2.00 bits per heavy atom. The molecule has 0 amide bonds. The number of hydrogen-bond donors (Lipinski definition) is 1. The second kappa shape index (κ2) is 9.43.